The molecule has 160 valence electrons. The Morgan fingerprint density at radius 2 is 1.64 bits per heavy atom. The van der Waals surface area contributed by atoms with Crippen LogP contribution >= 0.6 is 0 Å². The fourth-order valence-corrected chi connectivity index (χ4v) is 3.84. The topological polar surface area (TPSA) is 52.9 Å². The van der Waals surface area contributed by atoms with E-state index in [1.54, 1.807) is 36.4 Å². The summed E-state index contributed by atoms with van der Waals surface area (Å²) in [4.78, 5) is 13.8. The summed E-state index contributed by atoms with van der Waals surface area (Å²) in [6.07, 6.45) is 0.344. The molecule has 1 atom stereocenters. The van der Waals surface area contributed by atoms with Crippen LogP contribution in [0.5, 0.6) is 0 Å². The van der Waals surface area contributed by atoms with Crippen molar-refractivity contribution in [1.82, 2.24) is 0 Å². The van der Waals surface area contributed by atoms with Gasteiger partial charge in [0.15, 0.2) is 0 Å². The number of amides is 1. The largest absolute Gasteiger partial charge is 0.324 e. The summed E-state index contributed by atoms with van der Waals surface area (Å²) in [5.74, 6) is 5.45. The number of hydrogen-bond acceptors (Lipinski definition) is 2. The molecule has 0 fully saturated rings. The number of anilines is 1. The molecule has 3 nitrogen and oxygen atoms in total. The molecule has 0 aliphatic carbocycles. The molecule has 0 bridgehead atoms. The maximum atomic E-state index is 14.2. The summed E-state index contributed by atoms with van der Waals surface area (Å²) in [6.45, 7) is 1.86. The zero-order valence-corrected chi connectivity index (χ0v) is 18.1. The third-order valence-electron chi connectivity index (χ3n) is 5.71. The van der Waals surface area contributed by atoms with E-state index in [9.17, 15) is 9.18 Å². The number of rotatable bonds is 4. The van der Waals surface area contributed by atoms with Crippen molar-refractivity contribution in [2.45, 2.75) is 18.8 Å². The zero-order valence-electron chi connectivity index (χ0n) is 18.1. The third-order valence-corrected chi connectivity index (χ3v) is 5.71. The lowest BCUT2D eigenvalue weighted by Crippen LogP contribution is -2.39. The van der Waals surface area contributed by atoms with Gasteiger partial charge in [0.1, 0.15) is 11.2 Å². The molecule has 0 radical (unpaired) electrons. The van der Waals surface area contributed by atoms with Crippen LogP contribution in [0.2, 0.25) is 0 Å². The van der Waals surface area contributed by atoms with Crippen LogP contribution in [0.4, 0.5) is 10.1 Å². The van der Waals surface area contributed by atoms with E-state index in [-0.39, 0.29) is 5.91 Å². The molecular formula is C29H21FN2O. The fourth-order valence-electron chi connectivity index (χ4n) is 3.84. The van der Waals surface area contributed by atoms with Crippen LogP contribution in [0.3, 0.4) is 0 Å². The number of carbonyl (C=O) groups excluding carboxylic acids is 1. The van der Waals surface area contributed by atoms with Crippen LogP contribution in [-0.2, 0) is 10.2 Å². The van der Waals surface area contributed by atoms with Gasteiger partial charge < -0.3 is 5.32 Å². The lowest BCUT2D eigenvalue weighted by molar-refractivity contribution is -0.119. The van der Waals surface area contributed by atoms with Gasteiger partial charge in [-0.25, -0.2) is 4.39 Å². The molecule has 0 aliphatic heterocycles. The Hall–Kier alpha value is -4.41. The Balaban J connectivity index is 1.80. The highest BCUT2D eigenvalue weighted by atomic mass is 19.1. The molecule has 0 unspecified atom stereocenters. The van der Waals surface area contributed by atoms with E-state index >= 15 is 0 Å². The average molecular weight is 432 g/mol. The van der Waals surface area contributed by atoms with Crippen molar-refractivity contribution >= 4 is 22.4 Å². The fraction of sp³-hybridized carbons (Fsp3) is 0.103. The molecule has 4 heteroatoms. The average Bonchev–Trinajstić information content (AvgIpc) is 2.85. The standard InChI is InChI=1S/C29H21FN2O/c1-2-29(24-9-6-10-25(30)19-24,18-17-21-13-15-22(20-31)16-14-21)28(33)32-27-12-5-8-23-7-3-4-11-26(23)27/h3-16,19H,2H2,1H3,(H,32,33)/t29-/m1/s1. The number of fused-ring (bicyclic) bond motifs is 1. The van der Waals surface area contributed by atoms with E-state index in [2.05, 4.69) is 23.2 Å². The highest BCUT2D eigenvalue weighted by Gasteiger charge is 2.37. The van der Waals surface area contributed by atoms with Gasteiger partial charge in [0.05, 0.1) is 11.6 Å². The van der Waals surface area contributed by atoms with Crippen LogP contribution in [0, 0.1) is 29.0 Å². The van der Waals surface area contributed by atoms with Crippen molar-refractivity contribution in [3.63, 3.8) is 0 Å². The van der Waals surface area contributed by atoms with Crippen LogP contribution in [-0.4, -0.2) is 5.91 Å². The maximum Gasteiger partial charge on any atom is 0.247 e. The summed E-state index contributed by atoms with van der Waals surface area (Å²) in [5, 5.41) is 14.0. The number of nitrogens with one attached hydrogen (secondary N) is 1. The quantitative estimate of drug-likeness (QED) is 0.391. The highest BCUT2D eigenvalue weighted by Crippen LogP contribution is 2.32. The van der Waals surface area contributed by atoms with Gasteiger partial charge in [-0.15, -0.1) is 0 Å². The Labute approximate surface area is 192 Å². The van der Waals surface area contributed by atoms with E-state index in [1.807, 2.05) is 49.4 Å². The minimum atomic E-state index is -1.27. The predicted molar refractivity (Wildman–Crippen MR) is 129 cm³/mol. The third kappa shape index (κ3) is 4.47. The number of benzene rings is 4. The molecule has 1 N–H and O–H groups in total. The second-order valence-corrected chi connectivity index (χ2v) is 7.69. The van der Waals surface area contributed by atoms with Gasteiger partial charge in [-0.2, -0.15) is 5.26 Å². The van der Waals surface area contributed by atoms with Crippen molar-refractivity contribution in [1.29, 1.82) is 5.26 Å². The van der Waals surface area contributed by atoms with E-state index in [0.29, 0.717) is 28.8 Å². The van der Waals surface area contributed by atoms with Crippen molar-refractivity contribution in [3.05, 3.63) is 114 Å². The Kier molecular flexibility index (Phi) is 6.20. The highest BCUT2D eigenvalue weighted by molar-refractivity contribution is 6.07. The molecule has 0 saturated carbocycles. The SMILES string of the molecule is CC[C@](C#Cc1ccc(C#N)cc1)(C(=O)Nc1cccc2ccccc12)c1cccc(F)c1. The van der Waals surface area contributed by atoms with Gasteiger partial charge in [-0.3, -0.25) is 4.79 Å². The summed E-state index contributed by atoms with van der Waals surface area (Å²) >= 11 is 0. The number of hydrogen-bond donors (Lipinski definition) is 1. The molecule has 1 amide bonds. The van der Waals surface area contributed by atoms with E-state index in [1.165, 1.54) is 12.1 Å². The zero-order chi connectivity index (χ0) is 23.3. The van der Waals surface area contributed by atoms with Gasteiger partial charge in [0.25, 0.3) is 0 Å². The molecular weight excluding hydrogens is 411 g/mol. The molecule has 0 spiro atoms. The summed E-state index contributed by atoms with van der Waals surface area (Å²) in [6, 6.07) is 28.4. The molecule has 4 aromatic carbocycles. The first kappa shape index (κ1) is 21.8. The van der Waals surface area contributed by atoms with Crippen molar-refractivity contribution in [2.75, 3.05) is 5.32 Å². The first-order valence-electron chi connectivity index (χ1n) is 10.6. The number of halogens is 1. The normalized spacial score (nSPS) is 12.2. The Morgan fingerprint density at radius 3 is 2.36 bits per heavy atom. The molecule has 4 rings (SSSR count). The van der Waals surface area contributed by atoms with Crippen molar-refractivity contribution < 1.29 is 9.18 Å². The van der Waals surface area contributed by atoms with Crippen molar-refractivity contribution in [3.8, 4) is 17.9 Å². The van der Waals surface area contributed by atoms with E-state index in [4.69, 9.17) is 5.26 Å². The van der Waals surface area contributed by atoms with Gasteiger partial charge in [0.2, 0.25) is 5.91 Å². The minimum absolute atomic E-state index is 0.326. The summed E-state index contributed by atoms with van der Waals surface area (Å²) < 4.78 is 14.2. The maximum absolute atomic E-state index is 14.2. The first-order chi connectivity index (χ1) is 16.1. The summed E-state index contributed by atoms with van der Waals surface area (Å²) in [5.41, 5.74) is 1.09. The molecule has 33 heavy (non-hydrogen) atoms. The van der Waals surface area contributed by atoms with Crippen LogP contribution < -0.4 is 5.32 Å². The summed E-state index contributed by atoms with van der Waals surface area (Å²) in [7, 11) is 0. The minimum Gasteiger partial charge on any atom is -0.324 e. The monoisotopic (exact) mass is 432 g/mol. The van der Waals surface area contributed by atoms with Crippen LogP contribution in [0.1, 0.15) is 30.0 Å². The van der Waals surface area contributed by atoms with Crippen LogP contribution in [0.15, 0.2) is 91.0 Å². The van der Waals surface area contributed by atoms with E-state index < -0.39 is 11.2 Å². The van der Waals surface area contributed by atoms with Gasteiger partial charge in [-0.05, 0) is 59.8 Å². The van der Waals surface area contributed by atoms with Gasteiger partial charge >= 0.3 is 0 Å². The Bertz CT molecular complexity index is 1420. The second kappa shape index (κ2) is 9.39. The smallest absolute Gasteiger partial charge is 0.247 e. The lowest BCUT2D eigenvalue weighted by Gasteiger charge is -2.27. The second-order valence-electron chi connectivity index (χ2n) is 7.69. The molecule has 0 aliphatic rings. The number of nitriles is 1. The lowest BCUT2D eigenvalue weighted by atomic mass is 9.77. The molecule has 4 aromatic rings. The molecule has 0 aromatic heterocycles. The molecule has 0 heterocycles. The van der Waals surface area contributed by atoms with Gasteiger partial charge in [0, 0.05) is 16.6 Å². The number of carbonyl (C=O) groups is 1. The van der Waals surface area contributed by atoms with Crippen LogP contribution in [0.25, 0.3) is 10.8 Å². The first-order valence-corrected chi connectivity index (χ1v) is 10.6. The molecule has 0 saturated heterocycles. The Morgan fingerprint density at radius 1 is 0.939 bits per heavy atom. The van der Waals surface area contributed by atoms with Gasteiger partial charge in [-0.1, -0.05) is 67.3 Å². The van der Waals surface area contributed by atoms with Crippen molar-refractivity contribution in [2.24, 2.45) is 0 Å². The predicted octanol–water partition coefficient (Wildman–Crippen LogP) is 6.19. The van der Waals surface area contributed by atoms with E-state index in [0.717, 1.165) is 10.8 Å². The number of nitrogens with zero attached hydrogens (tertiary/aromatic N) is 1.